The van der Waals surface area contributed by atoms with E-state index in [1.165, 1.54) is 18.2 Å². The van der Waals surface area contributed by atoms with Gasteiger partial charge in [-0.3, -0.25) is 4.79 Å². The molecule has 0 fully saturated rings. The fourth-order valence-electron chi connectivity index (χ4n) is 1.70. The molecule has 0 aliphatic rings. The van der Waals surface area contributed by atoms with Crippen LogP contribution in [-0.2, 0) is 0 Å². The van der Waals surface area contributed by atoms with Crippen molar-refractivity contribution in [2.24, 2.45) is 0 Å². The molecule has 4 heteroatoms. The molecule has 2 aromatic rings. The van der Waals surface area contributed by atoms with Crippen LogP contribution in [0, 0.1) is 5.82 Å². The van der Waals surface area contributed by atoms with Crippen LogP contribution in [0.25, 0.3) is 0 Å². The average Bonchev–Trinajstić information content (AvgIpc) is 2.46. The first-order chi connectivity index (χ1) is 9.22. The van der Waals surface area contributed by atoms with Gasteiger partial charge in [-0.2, -0.15) is 0 Å². The second kappa shape index (κ2) is 6.34. The third kappa shape index (κ3) is 3.32. The Morgan fingerprint density at radius 2 is 1.89 bits per heavy atom. The van der Waals surface area contributed by atoms with Crippen molar-refractivity contribution in [2.75, 3.05) is 12.5 Å². The number of carbonyl (C=O) groups is 1. The van der Waals surface area contributed by atoms with Crippen LogP contribution in [0.5, 0.6) is 5.75 Å². The number of ether oxygens (including phenoxy) is 1. The molecule has 0 aromatic heterocycles. The zero-order valence-electron chi connectivity index (χ0n) is 10.1. The Morgan fingerprint density at radius 1 is 1.16 bits per heavy atom. The predicted molar refractivity (Wildman–Crippen MR) is 72.5 cm³/mol. The van der Waals surface area contributed by atoms with Crippen molar-refractivity contribution in [3.63, 3.8) is 0 Å². The molecule has 0 saturated heterocycles. The first kappa shape index (κ1) is 13.6. The van der Waals surface area contributed by atoms with Gasteiger partial charge < -0.3 is 4.74 Å². The molecule has 2 aromatic carbocycles. The molecule has 0 aliphatic heterocycles. The highest BCUT2D eigenvalue weighted by Gasteiger charge is 2.15. The first-order valence-electron chi connectivity index (χ1n) is 5.80. The number of rotatable bonds is 5. The molecule has 0 N–H and O–H groups in total. The number of ketones is 1. The Labute approximate surface area is 115 Å². The van der Waals surface area contributed by atoms with E-state index in [4.69, 9.17) is 16.3 Å². The van der Waals surface area contributed by atoms with Gasteiger partial charge in [-0.1, -0.05) is 30.3 Å². The lowest BCUT2D eigenvalue weighted by molar-refractivity contribution is 0.103. The monoisotopic (exact) mass is 278 g/mol. The summed E-state index contributed by atoms with van der Waals surface area (Å²) in [5.41, 5.74) is 0.695. The summed E-state index contributed by atoms with van der Waals surface area (Å²) < 4.78 is 18.7. The molecule has 98 valence electrons. The predicted octanol–water partition coefficient (Wildman–Crippen LogP) is 3.67. The Morgan fingerprint density at radius 3 is 2.58 bits per heavy atom. The quantitative estimate of drug-likeness (QED) is 0.616. The minimum atomic E-state index is -0.475. The van der Waals surface area contributed by atoms with Gasteiger partial charge in [0.25, 0.3) is 0 Å². The van der Waals surface area contributed by atoms with Crippen LogP contribution >= 0.6 is 11.6 Å². The van der Waals surface area contributed by atoms with Crippen molar-refractivity contribution in [3.8, 4) is 5.75 Å². The van der Waals surface area contributed by atoms with Crippen molar-refractivity contribution in [2.45, 2.75) is 0 Å². The number of carbonyl (C=O) groups excluding carboxylic acids is 1. The summed E-state index contributed by atoms with van der Waals surface area (Å²) in [4.78, 5) is 12.3. The summed E-state index contributed by atoms with van der Waals surface area (Å²) in [6, 6.07) is 12.6. The maximum absolute atomic E-state index is 13.3. The summed E-state index contributed by atoms with van der Waals surface area (Å²) >= 11 is 5.55. The normalized spacial score (nSPS) is 10.2. The van der Waals surface area contributed by atoms with Crippen molar-refractivity contribution < 1.29 is 13.9 Å². The van der Waals surface area contributed by atoms with Crippen LogP contribution in [0.15, 0.2) is 48.5 Å². The van der Waals surface area contributed by atoms with Crippen molar-refractivity contribution >= 4 is 17.4 Å². The van der Waals surface area contributed by atoms with Crippen LogP contribution in [0.1, 0.15) is 15.9 Å². The van der Waals surface area contributed by atoms with Gasteiger partial charge in [-0.25, -0.2) is 4.39 Å². The van der Waals surface area contributed by atoms with Gasteiger partial charge in [0.2, 0.25) is 0 Å². The van der Waals surface area contributed by atoms with E-state index in [1.54, 1.807) is 24.3 Å². The zero-order valence-corrected chi connectivity index (χ0v) is 10.9. The molecule has 0 radical (unpaired) electrons. The van der Waals surface area contributed by atoms with Crippen LogP contribution in [0.4, 0.5) is 4.39 Å². The fraction of sp³-hybridized carbons (Fsp3) is 0.133. The Kier molecular flexibility index (Phi) is 4.53. The molecule has 2 nitrogen and oxygen atoms in total. The lowest BCUT2D eigenvalue weighted by atomic mass is 10.0. The minimum absolute atomic E-state index is 0.205. The maximum Gasteiger partial charge on any atom is 0.196 e. The molecule has 0 aliphatic carbocycles. The number of halogens is 2. The average molecular weight is 279 g/mol. The van der Waals surface area contributed by atoms with Gasteiger partial charge in [-0.05, 0) is 18.2 Å². The number of hydrogen-bond acceptors (Lipinski definition) is 2. The first-order valence-corrected chi connectivity index (χ1v) is 6.34. The summed E-state index contributed by atoms with van der Waals surface area (Å²) in [6.07, 6.45) is 0. The molecule has 2 rings (SSSR count). The molecular weight excluding hydrogens is 267 g/mol. The van der Waals surface area contributed by atoms with Crippen molar-refractivity contribution in [1.82, 2.24) is 0 Å². The second-order valence-electron chi connectivity index (χ2n) is 3.87. The number of hydrogen-bond donors (Lipinski definition) is 0. The van der Waals surface area contributed by atoms with E-state index in [0.29, 0.717) is 17.2 Å². The van der Waals surface area contributed by atoms with Gasteiger partial charge in [-0.15, -0.1) is 11.6 Å². The van der Waals surface area contributed by atoms with E-state index in [-0.39, 0.29) is 18.0 Å². The Bertz CT molecular complexity index is 570. The van der Waals surface area contributed by atoms with Gasteiger partial charge in [0, 0.05) is 5.56 Å². The lowest BCUT2D eigenvalue weighted by Crippen LogP contribution is -2.07. The molecule has 0 atom stereocenters. The molecule has 0 heterocycles. The molecule has 19 heavy (non-hydrogen) atoms. The van der Waals surface area contributed by atoms with Gasteiger partial charge in [0.1, 0.15) is 18.2 Å². The van der Waals surface area contributed by atoms with Crippen molar-refractivity contribution in [1.29, 1.82) is 0 Å². The Balaban J connectivity index is 2.37. The van der Waals surface area contributed by atoms with Crippen LogP contribution in [-0.4, -0.2) is 18.3 Å². The van der Waals surface area contributed by atoms with E-state index in [9.17, 15) is 9.18 Å². The standard InChI is InChI=1S/C15H12ClFO2/c16-8-9-19-14-7-6-12(17)10-13(14)15(18)11-4-2-1-3-5-11/h1-7,10H,8-9H2. The third-order valence-corrected chi connectivity index (χ3v) is 2.71. The molecular formula is C15H12ClFO2. The molecule has 0 amide bonds. The largest absolute Gasteiger partial charge is 0.492 e. The van der Waals surface area contributed by atoms with Crippen LogP contribution in [0.2, 0.25) is 0 Å². The SMILES string of the molecule is O=C(c1ccccc1)c1cc(F)ccc1OCCCl. The third-order valence-electron chi connectivity index (χ3n) is 2.56. The summed E-state index contributed by atoms with van der Waals surface area (Å²) in [7, 11) is 0. The Hall–Kier alpha value is -1.87. The van der Waals surface area contributed by atoms with E-state index in [2.05, 4.69) is 0 Å². The highest BCUT2D eigenvalue weighted by atomic mass is 35.5. The van der Waals surface area contributed by atoms with E-state index in [1.807, 2.05) is 6.07 Å². The van der Waals surface area contributed by atoms with Crippen molar-refractivity contribution in [3.05, 3.63) is 65.5 Å². The maximum atomic E-state index is 13.3. The zero-order chi connectivity index (χ0) is 13.7. The number of benzene rings is 2. The lowest BCUT2D eigenvalue weighted by Gasteiger charge is -2.10. The van der Waals surface area contributed by atoms with Gasteiger partial charge in [0.05, 0.1) is 11.4 Å². The minimum Gasteiger partial charge on any atom is -0.492 e. The topological polar surface area (TPSA) is 26.3 Å². The van der Waals surface area contributed by atoms with E-state index >= 15 is 0 Å². The summed E-state index contributed by atoms with van der Waals surface area (Å²) in [5, 5.41) is 0. The van der Waals surface area contributed by atoms with Crippen LogP contribution < -0.4 is 4.74 Å². The smallest absolute Gasteiger partial charge is 0.196 e. The summed E-state index contributed by atoms with van der Waals surface area (Å²) in [6.45, 7) is 0.266. The molecule has 0 spiro atoms. The van der Waals surface area contributed by atoms with E-state index in [0.717, 1.165) is 0 Å². The second-order valence-corrected chi connectivity index (χ2v) is 4.25. The van der Waals surface area contributed by atoms with E-state index < -0.39 is 5.82 Å². The highest BCUT2D eigenvalue weighted by Crippen LogP contribution is 2.23. The van der Waals surface area contributed by atoms with Gasteiger partial charge in [0.15, 0.2) is 5.78 Å². The summed E-state index contributed by atoms with van der Waals surface area (Å²) in [5.74, 6) is -0.103. The molecule has 0 bridgehead atoms. The molecule has 0 unspecified atom stereocenters. The fourth-order valence-corrected chi connectivity index (χ4v) is 1.78. The molecule has 0 saturated carbocycles. The highest BCUT2D eigenvalue weighted by molar-refractivity contribution is 6.18. The number of alkyl halides is 1. The van der Waals surface area contributed by atoms with Gasteiger partial charge >= 0.3 is 0 Å². The van der Waals surface area contributed by atoms with Crippen LogP contribution in [0.3, 0.4) is 0 Å².